The van der Waals surface area contributed by atoms with Crippen molar-refractivity contribution < 1.29 is 0 Å². The van der Waals surface area contributed by atoms with Gasteiger partial charge in [0.15, 0.2) is 0 Å². The number of hydrogen-bond donors (Lipinski definition) is 0. The van der Waals surface area contributed by atoms with Gasteiger partial charge in [0.1, 0.15) is 0 Å². The first-order valence-electron chi connectivity index (χ1n) is 6.31. The van der Waals surface area contributed by atoms with Crippen LogP contribution in [-0.4, -0.2) is 38.0 Å². The Morgan fingerprint density at radius 1 is 0.600 bits per heavy atom. The Labute approximate surface area is 103 Å². The molecule has 0 fully saturated rings. The lowest BCUT2D eigenvalue weighted by molar-refractivity contribution is 1.74. The van der Waals surface area contributed by atoms with Crippen LogP contribution in [-0.2, 0) is 0 Å². The standard InChI is InChI=1S/C10H32Si5/c1-11-13(5,6)15(9,10)14(7,8)12(2,3)4/h11H2,1-10H3. The minimum absolute atomic E-state index is 0.258. The van der Waals surface area contributed by atoms with Gasteiger partial charge in [0.25, 0.3) is 0 Å². The summed E-state index contributed by atoms with van der Waals surface area (Å²) in [4.78, 5) is 0. The fourth-order valence-electron chi connectivity index (χ4n) is 2.23. The van der Waals surface area contributed by atoms with Crippen LogP contribution in [0.1, 0.15) is 0 Å². The second-order valence-corrected chi connectivity index (χ2v) is 59.3. The average Bonchev–Trinajstić information content (AvgIpc) is 2.01. The highest BCUT2D eigenvalue weighted by Crippen LogP contribution is 2.34. The zero-order chi connectivity index (χ0) is 12.7. The smallest absolute Gasteiger partial charge is 0.0354 e. The summed E-state index contributed by atoms with van der Waals surface area (Å²) in [6, 6.07) is 0. The maximum Gasteiger partial charge on any atom is 0.0354 e. The molecule has 0 heterocycles. The van der Waals surface area contributed by atoms with E-state index in [9.17, 15) is 0 Å². The van der Waals surface area contributed by atoms with Crippen molar-refractivity contribution in [2.24, 2.45) is 0 Å². The minimum Gasteiger partial charge on any atom is -0.0768 e. The molecule has 0 atom stereocenters. The Hall–Kier alpha value is 1.08. The van der Waals surface area contributed by atoms with Crippen LogP contribution in [0.5, 0.6) is 0 Å². The van der Waals surface area contributed by atoms with Gasteiger partial charge in [0, 0.05) is 38.0 Å². The van der Waals surface area contributed by atoms with Gasteiger partial charge >= 0.3 is 0 Å². The summed E-state index contributed by atoms with van der Waals surface area (Å²) in [6.45, 7) is 26.9. The lowest BCUT2D eigenvalue weighted by Crippen LogP contribution is -2.79. The third-order valence-electron chi connectivity index (χ3n) is 6.01. The molecule has 0 bridgehead atoms. The van der Waals surface area contributed by atoms with Crippen LogP contribution < -0.4 is 0 Å². The summed E-state index contributed by atoms with van der Waals surface area (Å²) in [5.74, 6) is 0. The Morgan fingerprint density at radius 3 is 1.13 bits per heavy atom. The first-order valence-corrected chi connectivity index (χ1v) is 25.6. The molecule has 0 aliphatic rings. The zero-order valence-corrected chi connectivity index (χ0v) is 18.1. The maximum atomic E-state index is 2.76. The van der Waals surface area contributed by atoms with Gasteiger partial charge in [-0.15, -0.1) is 0 Å². The van der Waals surface area contributed by atoms with E-state index >= 15 is 0 Å². The second kappa shape index (κ2) is 4.40. The summed E-state index contributed by atoms with van der Waals surface area (Å²) < 4.78 is 0. The highest BCUT2D eigenvalue weighted by atomic mass is 29.9. The van der Waals surface area contributed by atoms with Crippen LogP contribution in [0.3, 0.4) is 0 Å². The van der Waals surface area contributed by atoms with Gasteiger partial charge in [-0.2, -0.15) is 0 Å². The average molecular weight is 293 g/mol. The maximum absolute atomic E-state index is 2.76. The molecule has 0 saturated carbocycles. The molecular formula is C10H32Si5. The van der Waals surface area contributed by atoms with Crippen molar-refractivity contribution >= 4 is 38.0 Å². The molecule has 0 nitrogen and oxygen atoms in total. The molecule has 0 aliphatic carbocycles. The van der Waals surface area contributed by atoms with Gasteiger partial charge in [-0.05, 0) is 0 Å². The van der Waals surface area contributed by atoms with E-state index in [1.165, 1.54) is 0 Å². The van der Waals surface area contributed by atoms with Crippen molar-refractivity contribution in [2.75, 3.05) is 0 Å². The molecule has 92 valence electrons. The van der Waals surface area contributed by atoms with Gasteiger partial charge in [-0.3, -0.25) is 0 Å². The molecule has 0 rings (SSSR count). The predicted octanol–water partition coefficient (Wildman–Crippen LogP) is 3.40. The SMILES string of the molecule is C[SiH2][Si](C)(C)[Si](C)(C)[Si](C)(C)[Si](C)(C)C. The van der Waals surface area contributed by atoms with Gasteiger partial charge in [-0.25, -0.2) is 0 Å². The minimum atomic E-state index is -0.915. The van der Waals surface area contributed by atoms with Crippen molar-refractivity contribution in [2.45, 2.75) is 65.5 Å². The van der Waals surface area contributed by atoms with Crippen molar-refractivity contribution in [1.82, 2.24) is 0 Å². The van der Waals surface area contributed by atoms with Crippen molar-refractivity contribution in [3.63, 3.8) is 0 Å². The molecule has 0 aromatic heterocycles. The Balaban J connectivity index is 5.38. The molecule has 5 heteroatoms. The summed E-state index contributed by atoms with van der Waals surface area (Å²) in [7, 11) is -3.21. The molecule has 0 N–H and O–H groups in total. The molecule has 0 spiro atoms. The molecule has 0 unspecified atom stereocenters. The highest BCUT2D eigenvalue weighted by molar-refractivity contribution is 7.88. The van der Waals surface area contributed by atoms with Crippen LogP contribution in [0.2, 0.25) is 65.5 Å². The summed E-state index contributed by atoms with van der Waals surface area (Å²) in [5.41, 5.74) is 0. The van der Waals surface area contributed by atoms with Crippen molar-refractivity contribution in [1.29, 1.82) is 0 Å². The fraction of sp³-hybridized carbons (Fsp3) is 1.00. The molecule has 0 aromatic rings. The van der Waals surface area contributed by atoms with Crippen molar-refractivity contribution in [3.8, 4) is 0 Å². The van der Waals surface area contributed by atoms with E-state index in [2.05, 4.69) is 65.5 Å². The lowest BCUT2D eigenvalue weighted by atomic mass is 11.8. The molecule has 15 heavy (non-hydrogen) atoms. The van der Waals surface area contributed by atoms with E-state index < -0.39 is 28.9 Å². The number of rotatable bonds is 4. The van der Waals surface area contributed by atoms with Crippen molar-refractivity contribution in [3.05, 3.63) is 0 Å². The summed E-state index contributed by atoms with van der Waals surface area (Å²) >= 11 is 0. The van der Waals surface area contributed by atoms with E-state index in [-0.39, 0.29) is 9.04 Å². The second-order valence-electron chi connectivity index (χ2n) is 7.74. The summed E-state index contributed by atoms with van der Waals surface area (Å²) in [5, 5.41) is 0. The van der Waals surface area contributed by atoms with Crippen LogP contribution >= 0.6 is 0 Å². The van der Waals surface area contributed by atoms with E-state index in [0.29, 0.717) is 0 Å². The quantitative estimate of drug-likeness (QED) is 0.697. The van der Waals surface area contributed by atoms with Gasteiger partial charge in [0.05, 0.1) is 0 Å². The van der Waals surface area contributed by atoms with E-state index in [4.69, 9.17) is 0 Å². The predicted molar refractivity (Wildman–Crippen MR) is 90.2 cm³/mol. The van der Waals surface area contributed by atoms with Crippen LogP contribution in [0, 0.1) is 0 Å². The Bertz CT molecular complexity index is 224. The molecule has 0 radical (unpaired) electrons. The van der Waals surface area contributed by atoms with Gasteiger partial charge in [0.2, 0.25) is 0 Å². The third kappa shape index (κ3) is 2.67. The molecular weight excluding hydrogens is 261 g/mol. The lowest BCUT2D eigenvalue weighted by Gasteiger charge is -2.54. The monoisotopic (exact) mass is 292 g/mol. The third-order valence-corrected chi connectivity index (χ3v) is 94.8. The fourth-order valence-corrected chi connectivity index (χ4v) is 101. The van der Waals surface area contributed by atoms with E-state index in [1.807, 2.05) is 0 Å². The van der Waals surface area contributed by atoms with Gasteiger partial charge in [-0.1, -0.05) is 65.5 Å². The van der Waals surface area contributed by atoms with E-state index in [1.54, 1.807) is 0 Å². The normalized spacial score (nSPS) is 16.4. The topological polar surface area (TPSA) is 0 Å². The highest BCUT2D eigenvalue weighted by Gasteiger charge is 2.56. The number of hydrogen-bond acceptors (Lipinski definition) is 0. The van der Waals surface area contributed by atoms with Crippen LogP contribution in [0.15, 0.2) is 0 Å². The van der Waals surface area contributed by atoms with Crippen LogP contribution in [0.4, 0.5) is 0 Å². The summed E-state index contributed by atoms with van der Waals surface area (Å²) in [6.07, 6.45) is 0. The molecule has 0 saturated heterocycles. The molecule has 0 aliphatic heterocycles. The van der Waals surface area contributed by atoms with Gasteiger partial charge < -0.3 is 0 Å². The first kappa shape index (κ1) is 16.1. The Morgan fingerprint density at radius 2 is 0.933 bits per heavy atom. The Kier molecular flexibility index (Phi) is 4.72. The van der Waals surface area contributed by atoms with Crippen LogP contribution in [0.25, 0.3) is 0 Å². The zero-order valence-electron chi connectivity index (χ0n) is 12.7. The first-order chi connectivity index (χ1) is 6.31. The van der Waals surface area contributed by atoms with E-state index in [0.717, 1.165) is 0 Å². The molecule has 0 aromatic carbocycles. The molecule has 0 amide bonds. The largest absolute Gasteiger partial charge is 0.0768 e.